The third-order valence-corrected chi connectivity index (χ3v) is 6.68. The summed E-state index contributed by atoms with van der Waals surface area (Å²) in [5.74, 6) is 4.64. The van der Waals surface area contributed by atoms with Gasteiger partial charge in [-0.25, -0.2) is 0 Å². The molecule has 0 bridgehead atoms. The summed E-state index contributed by atoms with van der Waals surface area (Å²) in [6, 6.07) is 53.0. The third-order valence-electron chi connectivity index (χ3n) is 6.68. The number of hydrogen-bond donors (Lipinski definition) is 0. The minimum Gasteiger partial charge on any atom is -0.365 e. The summed E-state index contributed by atoms with van der Waals surface area (Å²) < 4.78 is 6.83. The molecule has 177 valence electrons. The highest BCUT2D eigenvalue weighted by atomic mass is 16.5. The van der Waals surface area contributed by atoms with E-state index in [-0.39, 0.29) is 0 Å². The van der Waals surface area contributed by atoms with Crippen molar-refractivity contribution in [2.24, 2.45) is 0 Å². The molecule has 0 N–H and O–H groups in total. The van der Waals surface area contributed by atoms with Crippen LogP contribution in [0, 0.1) is 29.8 Å². The van der Waals surface area contributed by atoms with Crippen molar-refractivity contribution < 1.29 is 4.74 Å². The molecule has 5 radical (unpaired) electrons. The molecule has 1 aliphatic rings. The van der Waals surface area contributed by atoms with Crippen molar-refractivity contribution in [3.63, 3.8) is 0 Å². The summed E-state index contributed by atoms with van der Waals surface area (Å²) in [4.78, 5) is 0. The van der Waals surface area contributed by atoms with Gasteiger partial charge in [0.1, 0.15) is 6.10 Å². The number of ether oxygens (including phenoxy) is 1. The molecule has 5 aromatic rings. The quantitative estimate of drug-likeness (QED) is 0.230. The second kappa shape index (κ2) is 11.0. The Morgan fingerprint density at radius 3 is 0.973 bits per heavy atom. The Morgan fingerprint density at radius 2 is 0.622 bits per heavy atom. The van der Waals surface area contributed by atoms with Crippen LogP contribution in [-0.2, 0) is 11.3 Å². The van der Waals surface area contributed by atoms with Gasteiger partial charge in [-0.3, -0.25) is 0 Å². The van der Waals surface area contributed by atoms with Gasteiger partial charge in [-0.15, -0.1) is 0 Å². The number of hydrogen-bond acceptors (Lipinski definition) is 1. The van der Waals surface area contributed by atoms with Crippen LogP contribution in [0.5, 0.6) is 0 Å². The molecule has 1 heteroatoms. The Hall–Kier alpha value is -3.94. The monoisotopic (exact) mass is 475 g/mol. The lowest BCUT2D eigenvalue weighted by atomic mass is 9.75. The van der Waals surface area contributed by atoms with Crippen LogP contribution in [0.25, 0.3) is 0 Å². The molecule has 0 saturated heterocycles. The molecule has 5 aromatic carbocycles. The Labute approximate surface area is 220 Å². The van der Waals surface area contributed by atoms with Gasteiger partial charge in [0.25, 0.3) is 0 Å². The van der Waals surface area contributed by atoms with Gasteiger partial charge >= 0.3 is 0 Å². The summed E-state index contributed by atoms with van der Waals surface area (Å²) in [5, 5.41) is 0. The largest absolute Gasteiger partial charge is 0.365 e. The topological polar surface area (TPSA) is 9.23 Å². The van der Waals surface area contributed by atoms with Gasteiger partial charge < -0.3 is 4.74 Å². The minimum absolute atomic E-state index is 0.493. The standard InChI is InChI=1S/C36H27O/c1-6-16-27(17-7-1)26-37-36-34(30-22-12-4-13-23-30)32(28-18-8-2-9-19-28)33(29-20-10-3-11-21-29)35(36)31-24-14-5-15-25-31/h1-25H,26H2. The molecule has 0 amide bonds. The van der Waals surface area contributed by atoms with E-state index in [2.05, 4.69) is 146 Å². The SMILES string of the molecule is c1ccc(CO[C]2[C](c3ccccc3)[C](c3ccccc3)[C](c3ccccc3)[C]2c2ccccc2)cc1. The Balaban J connectivity index is 1.55. The van der Waals surface area contributed by atoms with Gasteiger partial charge in [0.05, 0.1) is 18.4 Å². The van der Waals surface area contributed by atoms with Gasteiger partial charge in [0, 0.05) is 11.8 Å². The van der Waals surface area contributed by atoms with E-state index < -0.39 is 0 Å². The zero-order chi connectivity index (χ0) is 24.9. The molecule has 0 aliphatic heterocycles. The molecule has 0 spiro atoms. The normalized spacial score (nSPS) is 15.8. The molecule has 1 aliphatic carbocycles. The lowest BCUT2D eigenvalue weighted by Crippen LogP contribution is -2.18. The summed E-state index contributed by atoms with van der Waals surface area (Å²) in [6.45, 7) is 0.493. The lowest BCUT2D eigenvalue weighted by Gasteiger charge is -2.26. The zero-order valence-corrected chi connectivity index (χ0v) is 20.5. The fourth-order valence-electron chi connectivity index (χ4n) is 5.02. The van der Waals surface area contributed by atoms with Crippen LogP contribution in [-0.4, -0.2) is 0 Å². The predicted octanol–water partition coefficient (Wildman–Crippen LogP) is 8.24. The predicted molar refractivity (Wildman–Crippen MR) is 150 cm³/mol. The molecular formula is C36H27O. The van der Waals surface area contributed by atoms with E-state index in [1.54, 1.807) is 0 Å². The second-order valence-electron chi connectivity index (χ2n) is 9.07. The highest BCUT2D eigenvalue weighted by Crippen LogP contribution is 2.62. The van der Waals surface area contributed by atoms with E-state index in [0.29, 0.717) is 6.61 Å². The number of benzene rings is 5. The van der Waals surface area contributed by atoms with Crippen LogP contribution < -0.4 is 0 Å². The van der Waals surface area contributed by atoms with Crippen LogP contribution in [0.2, 0.25) is 0 Å². The first kappa shape index (κ1) is 23.5. The van der Waals surface area contributed by atoms with Gasteiger partial charge in [-0.05, 0) is 27.8 Å². The van der Waals surface area contributed by atoms with E-state index >= 15 is 0 Å². The average Bonchev–Trinajstić information content (AvgIpc) is 3.33. The van der Waals surface area contributed by atoms with Crippen molar-refractivity contribution in [3.05, 3.63) is 209 Å². The van der Waals surface area contributed by atoms with E-state index in [4.69, 9.17) is 4.74 Å². The van der Waals surface area contributed by atoms with Crippen molar-refractivity contribution >= 4 is 0 Å². The maximum atomic E-state index is 6.83. The Bertz CT molecular complexity index is 1280. The third kappa shape index (κ3) is 4.88. The van der Waals surface area contributed by atoms with Crippen molar-refractivity contribution in [2.45, 2.75) is 6.61 Å². The molecular weight excluding hydrogens is 448 g/mol. The van der Waals surface area contributed by atoms with Crippen LogP contribution >= 0.6 is 0 Å². The summed E-state index contributed by atoms with van der Waals surface area (Å²) in [6.07, 6.45) is 0.916. The summed E-state index contributed by atoms with van der Waals surface area (Å²) in [5.41, 5.74) is 5.77. The Morgan fingerprint density at radius 1 is 0.324 bits per heavy atom. The van der Waals surface area contributed by atoms with Crippen LogP contribution in [0.15, 0.2) is 152 Å². The van der Waals surface area contributed by atoms with Crippen LogP contribution in [0.1, 0.15) is 27.8 Å². The smallest absolute Gasteiger partial charge is 0.122 e. The first-order valence-corrected chi connectivity index (χ1v) is 12.6. The number of rotatable bonds is 7. The minimum atomic E-state index is 0.493. The van der Waals surface area contributed by atoms with E-state index in [1.165, 1.54) is 23.0 Å². The Kier molecular flexibility index (Phi) is 6.97. The average molecular weight is 476 g/mol. The van der Waals surface area contributed by atoms with Gasteiger partial charge in [-0.1, -0.05) is 152 Å². The van der Waals surface area contributed by atoms with Crippen LogP contribution in [0.3, 0.4) is 0 Å². The molecule has 1 nitrogen and oxygen atoms in total. The molecule has 1 saturated carbocycles. The first-order valence-electron chi connectivity index (χ1n) is 12.6. The molecule has 37 heavy (non-hydrogen) atoms. The van der Waals surface area contributed by atoms with Crippen molar-refractivity contribution in [2.75, 3.05) is 0 Å². The van der Waals surface area contributed by atoms with Gasteiger partial charge in [-0.2, -0.15) is 0 Å². The fraction of sp³-hybridized carbons (Fsp3) is 0.0278. The van der Waals surface area contributed by atoms with E-state index in [0.717, 1.165) is 34.6 Å². The zero-order valence-electron chi connectivity index (χ0n) is 20.5. The maximum Gasteiger partial charge on any atom is 0.122 e. The summed E-state index contributed by atoms with van der Waals surface area (Å²) in [7, 11) is 0. The van der Waals surface area contributed by atoms with Crippen molar-refractivity contribution in [3.8, 4) is 0 Å². The molecule has 0 heterocycles. The van der Waals surface area contributed by atoms with Crippen molar-refractivity contribution in [1.29, 1.82) is 0 Å². The van der Waals surface area contributed by atoms with Gasteiger partial charge in [0.15, 0.2) is 0 Å². The fourth-order valence-corrected chi connectivity index (χ4v) is 5.02. The molecule has 6 rings (SSSR count). The lowest BCUT2D eigenvalue weighted by molar-refractivity contribution is 0.148. The summed E-state index contributed by atoms with van der Waals surface area (Å²) >= 11 is 0. The van der Waals surface area contributed by atoms with Crippen molar-refractivity contribution in [1.82, 2.24) is 0 Å². The second-order valence-corrected chi connectivity index (χ2v) is 9.07. The molecule has 0 atom stereocenters. The van der Waals surface area contributed by atoms with E-state index in [1.807, 2.05) is 6.07 Å². The highest BCUT2D eigenvalue weighted by molar-refractivity contribution is 5.80. The maximum absolute atomic E-state index is 6.83. The van der Waals surface area contributed by atoms with Gasteiger partial charge in [0.2, 0.25) is 0 Å². The first-order chi connectivity index (χ1) is 18.4. The van der Waals surface area contributed by atoms with E-state index in [9.17, 15) is 0 Å². The molecule has 0 unspecified atom stereocenters. The van der Waals surface area contributed by atoms with Crippen LogP contribution in [0.4, 0.5) is 0 Å². The molecule has 0 aromatic heterocycles. The molecule has 1 fully saturated rings. The highest BCUT2D eigenvalue weighted by Gasteiger charge is 2.55.